The van der Waals surface area contributed by atoms with Crippen molar-refractivity contribution in [2.24, 2.45) is 0 Å². The largest absolute Gasteiger partial charge is 0.326 e. The number of nitrogens with one attached hydrogen (secondary N) is 2. The average Bonchev–Trinajstić information content (AvgIpc) is 2.63. The van der Waals surface area contributed by atoms with Crippen LogP contribution in [0.5, 0.6) is 0 Å². The van der Waals surface area contributed by atoms with Crippen molar-refractivity contribution in [2.45, 2.75) is 26.7 Å². The quantitative estimate of drug-likeness (QED) is 0.550. The Morgan fingerprint density at radius 3 is 1.46 bits per heavy atom. The van der Waals surface area contributed by atoms with Gasteiger partial charge in [0.05, 0.1) is 32.3 Å². The topological polar surface area (TPSA) is 144 Å². The molecule has 28 heavy (non-hydrogen) atoms. The van der Waals surface area contributed by atoms with Crippen LogP contribution in [0.25, 0.3) is 0 Å². The summed E-state index contributed by atoms with van der Waals surface area (Å²) >= 11 is 0. The van der Waals surface area contributed by atoms with Crippen molar-refractivity contribution in [1.82, 2.24) is 0 Å². The second-order valence-corrected chi connectivity index (χ2v) is 6.01. The lowest BCUT2D eigenvalue weighted by atomic mass is 10.1. The van der Waals surface area contributed by atoms with E-state index < -0.39 is 21.7 Å². The summed E-state index contributed by atoms with van der Waals surface area (Å²) in [6, 6.07) is 8.65. The number of hydrogen-bond acceptors (Lipinski definition) is 6. The molecule has 0 aromatic heterocycles. The Hall–Kier alpha value is -3.82. The minimum atomic E-state index is -0.542. The van der Waals surface area contributed by atoms with Crippen LogP contribution in [0.1, 0.15) is 24.0 Å². The van der Waals surface area contributed by atoms with Crippen molar-refractivity contribution < 1.29 is 19.4 Å². The molecule has 0 unspecified atom stereocenters. The molecule has 0 aliphatic heterocycles. The lowest BCUT2D eigenvalue weighted by molar-refractivity contribution is -0.385. The van der Waals surface area contributed by atoms with Crippen molar-refractivity contribution in [1.29, 1.82) is 0 Å². The minimum absolute atomic E-state index is 0.114. The van der Waals surface area contributed by atoms with E-state index in [1.54, 1.807) is 0 Å². The number of anilines is 2. The number of nitro groups is 2. The van der Waals surface area contributed by atoms with E-state index in [-0.39, 0.29) is 24.2 Å². The van der Waals surface area contributed by atoms with Crippen LogP contribution >= 0.6 is 0 Å². The van der Waals surface area contributed by atoms with E-state index >= 15 is 0 Å². The molecule has 2 N–H and O–H groups in total. The fourth-order valence-electron chi connectivity index (χ4n) is 2.57. The number of nitrogens with zero attached hydrogens (tertiary/aromatic N) is 2. The van der Waals surface area contributed by atoms with E-state index in [1.807, 2.05) is 0 Å². The van der Waals surface area contributed by atoms with Crippen molar-refractivity contribution in [3.8, 4) is 0 Å². The molecule has 0 atom stereocenters. The van der Waals surface area contributed by atoms with E-state index in [1.165, 1.54) is 50.2 Å². The smallest absolute Gasteiger partial charge is 0.274 e. The molecule has 0 fully saturated rings. The fraction of sp³-hybridized carbons (Fsp3) is 0.222. The molecule has 0 saturated carbocycles. The molecule has 2 amide bonds. The van der Waals surface area contributed by atoms with Crippen LogP contribution in [0.3, 0.4) is 0 Å². The van der Waals surface area contributed by atoms with Crippen molar-refractivity contribution in [3.05, 3.63) is 67.8 Å². The van der Waals surface area contributed by atoms with Gasteiger partial charge in [0.15, 0.2) is 0 Å². The Balaban J connectivity index is 1.96. The van der Waals surface area contributed by atoms with E-state index in [2.05, 4.69) is 10.6 Å². The molecule has 0 radical (unpaired) electrons. The van der Waals surface area contributed by atoms with Gasteiger partial charge in [-0.1, -0.05) is 12.1 Å². The second kappa shape index (κ2) is 8.71. The number of nitro benzene ring substituents is 2. The standard InChI is InChI=1S/C18H18N4O6/c1-11-13(5-3-7-15(11)21(25)26)19-17(23)9-10-18(24)20-14-6-4-8-16(12(14)2)22(27)28/h3-8H,9-10H2,1-2H3,(H,19,23)(H,20,24). The molecule has 0 aliphatic carbocycles. The first-order valence-corrected chi connectivity index (χ1v) is 8.28. The molecule has 0 bridgehead atoms. The molecule has 0 saturated heterocycles. The molecule has 2 aromatic carbocycles. The zero-order valence-corrected chi connectivity index (χ0v) is 15.2. The Kier molecular flexibility index (Phi) is 6.38. The van der Waals surface area contributed by atoms with E-state index in [9.17, 15) is 29.8 Å². The van der Waals surface area contributed by atoms with E-state index in [0.717, 1.165) is 0 Å². The van der Waals surface area contributed by atoms with Gasteiger partial charge >= 0.3 is 0 Å². The van der Waals surface area contributed by atoms with Gasteiger partial charge < -0.3 is 10.6 Å². The highest BCUT2D eigenvalue weighted by Gasteiger charge is 2.17. The number of rotatable bonds is 7. The summed E-state index contributed by atoms with van der Waals surface area (Å²) in [4.78, 5) is 44.9. The lowest BCUT2D eigenvalue weighted by Crippen LogP contribution is -2.18. The summed E-state index contributed by atoms with van der Waals surface area (Å²) in [5.41, 5.74) is 1.01. The summed E-state index contributed by atoms with van der Waals surface area (Å²) in [5.74, 6) is -0.955. The molecular formula is C18H18N4O6. The first-order valence-electron chi connectivity index (χ1n) is 8.28. The maximum Gasteiger partial charge on any atom is 0.274 e. The third-order valence-electron chi connectivity index (χ3n) is 4.13. The van der Waals surface area contributed by atoms with Crippen LogP contribution in [-0.4, -0.2) is 21.7 Å². The lowest BCUT2D eigenvalue weighted by Gasteiger charge is -2.10. The average molecular weight is 386 g/mol. The highest BCUT2D eigenvalue weighted by molar-refractivity contribution is 5.97. The van der Waals surface area contributed by atoms with Crippen LogP contribution in [0, 0.1) is 34.1 Å². The van der Waals surface area contributed by atoms with Gasteiger partial charge in [-0.15, -0.1) is 0 Å². The Morgan fingerprint density at radius 1 is 0.786 bits per heavy atom. The Labute approximate surface area is 159 Å². The molecule has 2 aromatic rings. The van der Waals surface area contributed by atoms with Crippen LogP contribution < -0.4 is 10.6 Å². The molecule has 10 nitrogen and oxygen atoms in total. The molecule has 0 spiro atoms. The normalized spacial score (nSPS) is 10.2. The molecule has 0 heterocycles. The summed E-state index contributed by atoms with van der Waals surface area (Å²) in [6.07, 6.45) is -0.302. The fourth-order valence-corrected chi connectivity index (χ4v) is 2.57. The predicted octanol–water partition coefficient (Wildman–Crippen LogP) is 3.48. The predicted molar refractivity (Wildman–Crippen MR) is 102 cm³/mol. The van der Waals surface area contributed by atoms with Crippen molar-refractivity contribution in [3.63, 3.8) is 0 Å². The van der Waals surface area contributed by atoms with Crippen LogP contribution in [-0.2, 0) is 9.59 Å². The zero-order valence-electron chi connectivity index (χ0n) is 15.2. The molecule has 146 valence electrons. The van der Waals surface area contributed by atoms with Crippen LogP contribution in [0.15, 0.2) is 36.4 Å². The van der Waals surface area contributed by atoms with Gasteiger partial charge in [-0.25, -0.2) is 0 Å². The van der Waals surface area contributed by atoms with Gasteiger partial charge in [0.25, 0.3) is 11.4 Å². The van der Waals surface area contributed by atoms with Gasteiger partial charge in [-0.2, -0.15) is 0 Å². The third-order valence-corrected chi connectivity index (χ3v) is 4.13. The number of amides is 2. The monoisotopic (exact) mass is 386 g/mol. The SMILES string of the molecule is Cc1c(NC(=O)CCC(=O)Nc2cccc([N+](=O)[O-])c2C)cccc1[N+](=O)[O-]. The summed E-state index contributed by atoms with van der Waals surface area (Å²) < 4.78 is 0. The van der Waals surface area contributed by atoms with Crippen molar-refractivity contribution in [2.75, 3.05) is 10.6 Å². The number of carbonyl (C=O) groups excluding carboxylic acids is 2. The third kappa shape index (κ3) is 4.87. The van der Waals surface area contributed by atoms with Crippen molar-refractivity contribution >= 4 is 34.6 Å². The van der Waals surface area contributed by atoms with Gasteiger partial charge in [0, 0.05) is 25.0 Å². The maximum atomic E-state index is 12.1. The second-order valence-electron chi connectivity index (χ2n) is 6.01. The van der Waals surface area contributed by atoms with Gasteiger partial charge in [-0.3, -0.25) is 29.8 Å². The number of benzene rings is 2. The van der Waals surface area contributed by atoms with E-state index in [4.69, 9.17) is 0 Å². The molecule has 2 rings (SSSR count). The van der Waals surface area contributed by atoms with Crippen LogP contribution in [0.4, 0.5) is 22.7 Å². The number of hydrogen-bond donors (Lipinski definition) is 2. The molecule has 0 aliphatic rings. The molecule has 10 heteroatoms. The molecular weight excluding hydrogens is 368 g/mol. The zero-order chi connectivity index (χ0) is 20.8. The highest BCUT2D eigenvalue weighted by atomic mass is 16.6. The Morgan fingerprint density at radius 2 is 1.14 bits per heavy atom. The minimum Gasteiger partial charge on any atom is -0.326 e. The van der Waals surface area contributed by atoms with Gasteiger partial charge in [0.2, 0.25) is 11.8 Å². The summed E-state index contributed by atoms with van der Waals surface area (Å²) in [7, 11) is 0. The highest BCUT2D eigenvalue weighted by Crippen LogP contribution is 2.26. The van der Waals surface area contributed by atoms with E-state index in [0.29, 0.717) is 22.5 Å². The maximum absolute atomic E-state index is 12.1. The van der Waals surface area contributed by atoms with Crippen LogP contribution in [0.2, 0.25) is 0 Å². The first-order chi connectivity index (χ1) is 13.2. The van der Waals surface area contributed by atoms with Gasteiger partial charge in [0.1, 0.15) is 0 Å². The van der Waals surface area contributed by atoms with Gasteiger partial charge in [-0.05, 0) is 26.0 Å². The first kappa shape index (κ1) is 20.5. The number of carbonyl (C=O) groups is 2. The summed E-state index contributed by atoms with van der Waals surface area (Å²) in [6.45, 7) is 3.04. The Bertz CT molecular complexity index is 880. The summed E-state index contributed by atoms with van der Waals surface area (Å²) in [5, 5.41) is 27.0.